The van der Waals surface area contributed by atoms with Crippen molar-refractivity contribution in [2.45, 2.75) is 45.2 Å². The van der Waals surface area contributed by atoms with E-state index >= 15 is 0 Å². The number of aromatic hydroxyl groups is 1. The number of carbonyl (C=O) groups is 1. The molecular weight excluding hydrogens is 596 g/mol. The third-order valence-corrected chi connectivity index (χ3v) is 9.10. The van der Waals surface area contributed by atoms with Gasteiger partial charge in [-0.2, -0.15) is 0 Å². The number of unbranched alkanes of at least 4 members (excludes halogenated alkanes) is 1. The van der Waals surface area contributed by atoms with Crippen molar-refractivity contribution in [3.8, 4) is 28.5 Å². The normalized spacial score (nSPS) is 11.5. The number of imidazole rings is 2. The van der Waals surface area contributed by atoms with Crippen LogP contribution in [0.3, 0.4) is 0 Å². The molecule has 7 rings (SSSR count). The molecule has 0 bridgehead atoms. The molecule has 0 spiro atoms. The maximum atomic E-state index is 12.5. The van der Waals surface area contributed by atoms with E-state index in [4.69, 9.17) is 14.7 Å². The first kappa shape index (κ1) is 30.9. The van der Waals surface area contributed by atoms with Gasteiger partial charge in [0.1, 0.15) is 17.4 Å². The number of nitrogens with zero attached hydrogens (tertiary/aromatic N) is 4. The minimum absolute atomic E-state index is 0.172. The molecule has 0 saturated heterocycles. The van der Waals surface area contributed by atoms with Gasteiger partial charge in [0.25, 0.3) is 0 Å². The Labute approximate surface area is 280 Å². The molecule has 0 aliphatic rings. The number of rotatable bonds is 11. The standard InChI is InChI=1S/C41H38N4O3/c1-3-4-25-45-38-33(19-13-20-34(38)42-39(45)32-18-11-12-21-37(32)46)40-43-35-27-30(41(47)48-2)22-23-36(35)44(40)26-24-31(28-14-7-5-8-15-28)29-16-9-6-10-17-29/h5-23,27,31,46H,3-4,24-26H2,1-2H3. The van der Waals surface area contributed by atoms with Crippen molar-refractivity contribution in [2.75, 3.05) is 7.11 Å². The van der Waals surface area contributed by atoms with E-state index in [1.54, 1.807) is 6.07 Å². The second kappa shape index (κ2) is 13.6. The van der Waals surface area contributed by atoms with Gasteiger partial charge in [-0.1, -0.05) is 92.2 Å². The summed E-state index contributed by atoms with van der Waals surface area (Å²) in [4.78, 5) is 22.8. The van der Waals surface area contributed by atoms with Gasteiger partial charge in [0.2, 0.25) is 0 Å². The van der Waals surface area contributed by atoms with Crippen LogP contribution in [0.15, 0.2) is 121 Å². The Morgan fingerprint density at radius 2 is 1.38 bits per heavy atom. The zero-order chi connectivity index (χ0) is 33.0. The SMILES string of the molecule is CCCCn1c(-c2ccccc2O)nc2cccc(-c3nc4cc(C(=O)OC)ccc4n3CCC(c3ccccc3)c3ccccc3)c21. The lowest BCUT2D eigenvalue weighted by Crippen LogP contribution is -2.09. The van der Waals surface area contributed by atoms with Crippen molar-refractivity contribution in [1.29, 1.82) is 0 Å². The molecule has 7 heteroatoms. The van der Waals surface area contributed by atoms with E-state index in [1.807, 2.05) is 48.5 Å². The van der Waals surface area contributed by atoms with Crippen LogP contribution in [0.25, 0.3) is 44.8 Å². The summed E-state index contributed by atoms with van der Waals surface area (Å²) < 4.78 is 9.55. The second-order valence-electron chi connectivity index (χ2n) is 12.1. The molecule has 1 N–H and O–H groups in total. The van der Waals surface area contributed by atoms with Gasteiger partial charge >= 0.3 is 5.97 Å². The van der Waals surface area contributed by atoms with Crippen LogP contribution in [-0.2, 0) is 17.8 Å². The van der Waals surface area contributed by atoms with Crippen molar-refractivity contribution in [1.82, 2.24) is 19.1 Å². The fourth-order valence-corrected chi connectivity index (χ4v) is 6.73. The lowest BCUT2D eigenvalue weighted by atomic mass is 9.88. The van der Waals surface area contributed by atoms with Gasteiger partial charge in [0.15, 0.2) is 0 Å². The Balaban J connectivity index is 1.42. The monoisotopic (exact) mass is 634 g/mol. The number of hydrogen-bond donors (Lipinski definition) is 1. The summed E-state index contributed by atoms with van der Waals surface area (Å²) in [6.07, 6.45) is 2.80. The van der Waals surface area contributed by atoms with E-state index in [1.165, 1.54) is 18.2 Å². The summed E-state index contributed by atoms with van der Waals surface area (Å²) >= 11 is 0. The molecule has 0 radical (unpaired) electrons. The smallest absolute Gasteiger partial charge is 0.337 e. The molecule has 240 valence electrons. The molecule has 0 unspecified atom stereocenters. The number of aryl methyl sites for hydroxylation is 2. The van der Waals surface area contributed by atoms with Gasteiger partial charge in [0, 0.05) is 24.6 Å². The molecule has 0 amide bonds. The Kier molecular flexibility index (Phi) is 8.75. The summed E-state index contributed by atoms with van der Waals surface area (Å²) in [7, 11) is 1.39. The van der Waals surface area contributed by atoms with Crippen LogP contribution in [-0.4, -0.2) is 37.3 Å². The minimum atomic E-state index is -0.395. The van der Waals surface area contributed by atoms with Gasteiger partial charge in [-0.15, -0.1) is 0 Å². The molecule has 5 aromatic carbocycles. The van der Waals surface area contributed by atoms with E-state index in [9.17, 15) is 9.90 Å². The third kappa shape index (κ3) is 5.84. The van der Waals surface area contributed by atoms with Crippen molar-refractivity contribution >= 4 is 28.0 Å². The topological polar surface area (TPSA) is 82.2 Å². The average molecular weight is 635 g/mol. The molecule has 0 aliphatic heterocycles. The molecule has 48 heavy (non-hydrogen) atoms. The van der Waals surface area contributed by atoms with Crippen LogP contribution in [0.5, 0.6) is 5.75 Å². The third-order valence-electron chi connectivity index (χ3n) is 9.10. The van der Waals surface area contributed by atoms with E-state index < -0.39 is 5.97 Å². The highest BCUT2D eigenvalue weighted by Crippen LogP contribution is 2.38. The van der Waals surface area contributed by atoms with Gasteiger partial charge in [-0.3, -0.25) is 0 Å². The van der Waals surface area contributed by atoms with Crippen LogP contribution in [0.2, 0.25) is 0 Å². The number of carbonyl (C=O) groups excluding carboxylic acids is 1. The van der Waals surface area contributed by atoms with E-state index in [-0.39, 0.29) is 11.7 Å². The predicted octanol–water partition coefficient (Wildman–Crippen LogP) is 9.23. The molecule has 0 atom stereocenters. The van der Waals surface area contributed by atoms with E-state index in [0.29, 0.717) is 17.7 Å². The van der Waals surface area contributed by atoms with Crippen LogP contribution in [0.4, 0.5) is 0 Å². The van der Waals surface area contributed by atoms with Crippen molar-refractivity contribution in [3.05, 3.63) is 138 Å². The number of ether oxygens (including phenoxy) is 1. The molecular formula is C41H38N4O3. The lowest BCUT2D eigenvalue weighted by molar-refractivity contribution is 0.0601. The van der Waals surface area contributed by atoms with E-state index in [2.05, 4.69) is 82.8 Å². The van der Waals surface area contributed by atoms with Gasteiger partial charge in [-0.05, 0) is 66.4 Å². The number of benzene rings is 5. The average Bonchev–Trinajstić information content (AvgIpc) is 3.69. The second-order valence-corrected chi connectivity index (χ2v) is 12.1. The van der Waals surface area contributed by atoms with Gasteiger partial charge in [-0.25, -0.2) is 14.8 Å². The fourth-order valence-electron chi connectivity index (χ4n) is 6.73. The number of phenols is 1. The Bertz CT molecular complexity index is 2160. The number of esters is 1. The summed E-state index contributed by atoms with van der Waals surface area (Å²) in [5.41, 5.74) is 8.09. The fraction of sp³-hybridized carbons (Fsp3) is 0.195. The zero-order valence-corrected chi connectivity index (χ0v) is 27.2. The Morgan fingerprint density at radius 3 is 2.06 bits per heavy atom. The quantitative estimate of drug-likeness (QED) is 0.144. The first-order chi connectivity index (χ1) is 23.6. The molecule has 0 aliphatic carbocycles. The number of aromatic nitrogens is 4. The number of para-hydroxylation sites is 2. The Hall–Kier alpha value is -5.69. The van der Waals surface area contributed by atoms with Crippen molar-refractivity contribution < 1.29 is 14.6 Å². The highest BCUT2D eigenvalue weighted by atomic mass is 16.5. The molecule has 2 aromatic heterocycles. The molecule has 0 saturated carbocycles. The number of hydrogen-bond acceptors (Lipinski definition) is 5. The summed E-state index contributed by atoms with van der Waals surface area (Å²) in [6, 6.07) is 40.4. The number of fused-ring (bicyclic) bond motifs is 2. The maximum Gasteiger partial charge on any atom is 0.337 e. The van der Waals surface area contributed by atoms with Gasteiger partial charge < -0.3 is 19.0 Å². The van der Waals surface area contributed by atoms with Crippen LogP contribution in [0, 0.1) is 0 Å². The summed E-state index contributed by atoms with van der Waals surface area (Å²) in [5.74, 6) is 1.51. The van der Waals surface area contributed by atoms with Crippen molar-refractivity contribution in [2.24, 2.45) is 0 Å². The molecule has 2 heterocycles. The minimum Gasteiger partial charge on any atom is -0.507 e. The Morgan fingerprint density at radius 1 is 0.729 bits per heavy atom. The molecule has 7 nitrogen and oxygen atoms in total. The first-order valence-corrected chi connectivity index (χ1v) is 16.5. The highest BCUT2D eigenvalue weighted by molar-refractivity contribution is 5.97. The van der Waals surface area contributed by atoms with Gasteiger partial charge in [0.05, 0.1) is 40.3 Å². The summed E-state index contributed by atoms with van der Waals surface area (Å²) in [6.45, 7) is 3.60. The molecule has 7 aromatic rings. The van der Waals surface area contributed by atoms with Crippen molar-refractivity contribution in [3.63, 3.8) is 0 Å². The highest BCUT2D eigenvalue weighted by Gasteiger charge is 2.23. The van der Waals surface area contributed by atoms with Crippen LogP contribution >= 0.6 is 0 Å². The summed E-state index contributed by atoms with van der Waals surface area (Å²) in [5, 5.41) is 10.9. The number of methoxy groups -OCH3 is 1. The largest absolute Gasteiger partial charge is 0.507 e. The first-order valence-electron chi connectivity index (χ1n) is 16.5. The van der Waals surface area contributed by atoms with E-state index in [0.717, 1.165) is 65.1 Å². The predicted molar refractivity (Wildman–Crippen MR) is 191 cm³/mol. The number of phenolic OH excluding ortho intramolecular Hbond substituents is 1. The maximum absolute atomic E-state index is 12.5. The van der Waals surface area contributed by atoms with Crippen LogP contribution < -0.4 is 0 Å². The molecule has 0 fully saturated rings. The lowest BCUT2D eigenvalue weighted by Gasteiger charge is -2.20. The van der Waals surface area contributed by atoms with Crippen LogP contribution in [0.1, 0.15) is 53.6 Å². The zero-order valence-electron chi connectivity index (χ0n) is 27.2.